The van der Waals surface area contributed by atoms with Crippen molar-refractivity contribution in [2.45, 2.75) is 25.4 Å². The molecule has 2 N–H and O–H groups in total. The molecule has 36 heavy (non-hydrogen) atoms. The first-order valence-corrected chi connectivity index (χ1v) is 13.0. The number of alkyl halides is 3. The van der Waals surface area contributed by atoms with Crippen molar-refractivity contribution >= 4 is 33.5 Å². The number of thiophene rings is 1. The number of pyridine rings is 1. The quantitative estimate of drug-likeness (QED) is 0.166. The molecular weight excluding hydrogens is 512 g/mol. The second kappa shape index (κ2) is 11.8. The summed E-state index contributed by atoms with van der Waals surface area (Å²) in [5, 5.41) is 1.64. The lowest BCUT2D eigenvalue weighted by Gasteiger charge is -2.23. The van der Waals surface area contributed by atoms with E-state index in [0.29, 0.717) is 12.0 Å². The Balaban J connectivity index is 1.54. The molecular formula is C25H24F4N4OS2. The summed E-state index contributed by atoms with van der Waals surface area (Å²) in [6, 6.07) is 11.1. The Labute approximate surface area is 214 Å². The molecule has 4 rings (SSSR count). The van der Waals surface area contributed by atoms with Gasteiger partial charge < -0.3 is 15.4 Å². The molecule has 0 radical (unpaired) electrons. The van der Waals surface area contributed by atoms with Crippen LogP contribution in [-0.2, 0) is 12.6 Å². The summed E-state index contributed by atoms with van der Waals surface area (Å²) >= 11 is 2.40. The van der Waals surface area contributed by atoms with Crippen LogP contribution < -0.4 is 15.4 Å². The fraction of sp³-hybridized carbons (Fsp3) is 0.280. The average Bonchev–Trinajstić information content (AvgIpc) is 3.52. The molecule has 0 saturated carbocycles. The van der Waals surface area contributed by atoms with Gasteiger partial charge in [0.05, 0.1) is 12.2 Å². The van der Waals surface area contributed by atoms with E-state index in [2.05, 4.69) is 9.97 Å². The number of hydrogen-bond donors (Lipinski definition) is 1. The van der Waals surface area contributed by atoms with E-state index in [1.54, 1.807) is 29.7 Å². The van der Waals surface area contributed by atoms with Crippen molar-refractivity contribution in [3.63, 3.8) is 0 Å². The van der Waals surface area contributed by atoms with Crippen LogP contribution in [0.2, 0.25) is 0 Å². The summed E-state index contributed by atoms with van der Waals surface area (Å²) in [5.74, 6) is -0.239. The highest BCUT2D eigenvalue weighted by molar-refractivity contribution is 7.14. The molecule has 0 saturated heterocycles. The third-order valence-electron chi connectivity index (χ3n) is 5.33. The Hall–Kier alpha value is -3.02. The molecule has 4 aromatic rings. The van der Waals surface area contributed by atoms with Crippen molar-refractivity contribution in [3.05, 3.63) is 75.8 Å². The number of aryl methyl sites for hydroxylation is 1. The molecule has 0 atom stereocenters. The first-order chi connectivity index (χ1) is 17.4. The minimum atomic E-state index is -4.63. The number of unbranched alkanes of at least 4 members (excludes halogenated alkanes) is 1. The lowest BCUT2D eigenvalue weighted by atomic mass is 10.1. The van der Waals surface area contributed by atoms with E-state index < -0.39 is 16.9 Å². The molecule has 0 fully saturated rings. The molecule has 190 valence electrons. The van der Waals surface area contributed by atoms with Crippen molar-refractivity contribution in [2.24, 2.45) is 5.73 Å². The molecule has 0 aliphatic rings. The summed E-state index contributed by atoms with van der Waals surface area (Å²) in [6.45, 7) is 0.458. The highest BCUT2D eigenvalue weighted by Crippen LogP contribution is 2.41. The third kappa shape index (κ3) is 6.40. The van der Waals surface area contributed by atoms with Gasteiger partial charge in [-0.2, -0.15) is 17.6 Å². The summed E-state index contributed by atoms with van der Waals surface area (Å²) in [4.78, 5) is 11.0. The Morgan fingerprint density at radius 3 is 2.64 bits per heavy atom. The predicted octanol–water partition coefficient (Wildman–Crippen LogP) is 6.92. The normalized spacial score (nSPS) is 11.6. The van der Waals surface area contributed by atoms with Crippen molar-refractivity contribution < 1.29 is 22.3 Å². The third-order valence-corrected chi connectivity index (χ3v) is 7.13. The lowest BCUT2D eigenvalue weighted by Crippen LogP contribution is -2.25. The second-order valence-electron chi connectivity index (χ2n) is 7.86. The van der Waals surface area contributed by atoms with Crippen LogP contribution in [0, 0.1) is 5.13 Å². The van der Waals surface area contributed by atoms with Gasteiger partial charge in [0.1, 0.15) is 11.4 Å². The van der Waals surface area contributed by atoms with E-state index in [1.807, 2.05) is 17.5 Å². The SMILES string of the molecule is NCCN(c1ccc(OCCCCc2cccs2)c(C(F)(F)F)c1)c1nc(-c2cccnc2)c(F)s1. The minimum Gasteiger partial charge on any atom is -0.493 e. The van der Waals surface area contributed by atoms with Gasteiger partial charge in [0.2, 0.25) is 5.13 Å². The molecule has 0 amide bonds. The van der Waals surface area contributed by atoms with Gasteiger partial charge in [0, 0.05) is 41.6 Å². The lowest BCUT2D eigenvalue weighted by molar-refractivity contribution is -0.138. The van der Waals surface area contributed by atoms with Crippen molar-refractivity contribution in [1.29, 1.82) is 0 Å². The van der Waals surface area contributed by atoms with Gasteiger partial charge in [-0.15, -0.1) is 11.3 Å². The van der Waals surface area contributed by atoms with Gasteiger partial charge in [0.25, 0.3) is 0 Å². The Morgan fingerprint density at radius 2 is 1.94 bits per heavy atom. The van der Waals surface area contributed by atoms with E-state index in [-0.39, 0.29) is 42.0 Å². The fourth-order valence-electron chi connectivity index (χ4n) is 3.62. The Kier molecular flexibility index (Phi) is 8.55. The first-order valence-electron chi connectivity index (χ1n) is 11.3. The van der Waals surface area contributed by atoms with Gasteiger partial charge >= 0.3 is 6.18 Å². The second-order valence-corrected chi connectivity index (χ2v) is 9.82. The fourth-order valence-corrected chi connectivity index (χ4v) is 5.24. The number of benzene rings is 1. The molecule has 0 spiro atoms. The maximum absolute atomic E-state index is 14.7. The highest BCUT2D eigenvalue weighted by atomic mass is 32.1. The predicted molar refractivity (Wildman–Crippen MR) is 136 cm³/mol. The van der Waals surface area contributed by atoms with Crippen LogP contribution in [0.4, 0.5) is 28.4 Å². The first kappa shape index (κ1) is 26.1. The maximum atomic E-state index is 14.7. The van der Waals surface area contributed by atoms with E-state index in [9.17, 15) is 17.6 Å². The topological polar surface area (TPSA) is 64.3 Å². The summed E-state index contributed by atoms with van der Waals surface area (Å²) in [5.41, 5.74) is 5.59. The molecule has 1 aromatic carbocycles. The number of anilines is 2. The average molecular weight is 537 g/mol. The number of nitrogens with two attached hydrogens (primary N) is 1. The number of halogens is 4. The molecule has 0 aliphatic carbocycles. The van der Waals surface area contributed by atoms with Gasteiger partial charge in [-0.1, -0.05) is 17.4 Å². The van der Waals surface area contributed by atoms with Crippen LogP contribution in [0.3, 0.4) is 0 Å². The van der Waals surface area contributed by atoms with Gasteiger partial charge in [0.15, 0.2) is 5.13 Å². The maximum Gasteiger partial charge on any atom is 0.420 e. The van der Waals surface area contributed by atoms with E-state index in [1.165, 1.54) is 28.1 Å². The Bertz CT molecular complexity index is 1250. The summed E-state index contributed by atoms with van der Waals surface area (Å²) < 4.78 is 62.0. The van der Waals surface area contributed by atoms with Gasteiger partial charge in [-0.3, -0.25) is 4.98 Å². The monoisotopic (exact) mass is 536 g/mol. The molecule has 11 heteroatoms. The van der Waals surface area contributed by atoms with Gasteiger partial charge in [-0.05, 0) is 61.0 Å². The standard InChI is InChI=1S/C25H24F4N4OS2/c26-23-22(17-5-3-11-31-16-17)32-24(36-23)33(12-10-30)18-8-9-21(20(15-18)25(27,28)29)34-13-2-1-6-19-7-4-14-35-19/h3-5,7-9,11,14-16H,1-2,6,10,12-13,30H2. The highest BCUT2D eigenvalue weighted by Gasteiger charge is 2.35. The minimum absolute atomic E-state index is 0.0867. The molecule has 0 aliphatic heterocycles. The zero-order valence-electron chi connectivity index (χ0n) is 19.2. The van der Waals surface area contributed by atoms with Crippen LogP contribution >= 0.6 is 22.7 Å². The molecule has 5 nitrogen and oxygen atoms in total. The molecule has 3 aromatic heterocycles. The van der Waals surface area contributed by atoms with Crippen LogP contribution in [0.5, 0.6) is 5.75 Å². The van der Waals surface area contributed by atoms with E-state index in [4.69, 9.17) is 10.5 Å². The van der Waals surface area contributed by atoms with Crippen LogP contribution in [0.15, 0.2) is 60.2 Å². The van der Waals surface area contributed by atoms with Crippen LogP contribution in [0.25, 0.3) is 11.3 Å². The summed E-state index contributed by atoms with van der Waals surface area (Å²) in [6.07, 6.45) is 0.715. The van der Waals surface area contributed by atoms with Crippen LogP contribution in [-0.4, -0.2) is 29.7 Å². The van der Waals surface area contributed by atoms with Crippen molar-refractivity contribution in [3.8, 4) is 17.0 Å². The number of aromatic nitrogens is 2. The Morgan fingerprint density at radius 1 is 1.08 bits per heavy atom. The number of ether oxygens (including phenoxy) is 1. The smallest absolute Gasteiger partial charge is 0.420 e. The largest absolute Gasteiger partial charge is 0.493 e. The summed E-state index contributed by atoms with van der Waals surface area (Å²) in [7, 11) is 0. The number of rotatable bonds is 11. The van der Waals surface area contributed by atoms with Gasteiger partial charge in [-0.25, -0.2) is 4.98 Å². The van der Waals surface area contributed by atoms with Crippen molar-refractivity contribution in [1.82, 2.24) is 9.97 Å². The van der Waals surface area contributed by atoms with E-state index in [0.717, 1.165) is 30.2 Å². The molecule has 3 heterocycles. The number of hydrogen-bond acceptors (Lipinski definition) is 7. The number of nitrogens with zero attached hydrogens (tertiary/aromatic N) is 3. The van der Waals surface area contributed by atoms with Crippen molar-refractivity contribution in [2.75, 3.05) is 24.6 Å². The number of thiazole rings is 1. The van der Waals surface area contributed by atoms with Crippen LogP contribution in [0.1, 0.15) is 23.3 Å². The zero-order chi connectivity index (χ0) is 25.5. The van der Waals surface area contributed by atoms with E-state index >= 15 is 0 Å². The zero-order valence-corrected chi connectivity index (χ0v) is 20.8. The molecule has 0 unspecified atom stereocenters. The molecule has 0 bridgehead atoms.